The van der Waals surface area contributed by atoms with Crippen molar-refractivity contribution >= 4 is 29.9 Å². The molecule has 3 unspecified atom stereocenters. The van der Waals surface area contributed by atoms with Crippen LogP contribution in [0.25, 0.3) is 0 Å². The number of nitrogens with one attached hydrogen (secondary N) is 1. The van der Waals surface area contributed by atoms with E-state index in [9.17, 15) is 0 Å². The lowest BCUT2D eigenvalue weighted by Crippen LogP contribution is -2.69. The summed E-state index contributed by atoms with van der Waals surface area (Å²) in [6.07, 6.45) is 13.0. The lowest BCUT2D eigenvalue weighted by atomic mass is 9.54. The van der Waals surface area contributed by atoms with Crippen LogP contribution in [0.2, 0.25) is 0 Å². The van der Waals surface area contributed by atoms with E-state index in [-0.39, 0.29) is 24.0 Å². The maximum Gasteiger partial charge on any atom is 0.194 e. The number of ether oxygens (including phenoxy) is 1. The van der Waals surface area contributed by atoms with Gasteiger partial charge in [-0.05, 0) is 50.9 Å². The molecule has 0 aromatic carbocycles. The molecule has 2 heterocycles. The first-order chi connectivity index (χ1) is 11.8. The molecular weight excluding hydrogens is 425 g/mol. The zero-order valence-corrected chi connectivity index (χ0v) is 18.0. The second-order valence-electron chi connectivity index (χ2n) is 9.13. The van der Waals surface area contributed by atoms with Crippen LogP contribution in [0.5, 0.6) is 0 Å². The predicted octanol–water partition coefficient (Wildman–Crippen LogP) is 3.79. The molecule has 5 heteroatoms. The van der Waals surface area contributed by atoms with Gasteiger partial charge in [-0.15, -0.1) is 24.0 Å². The van der Waals surface area contributed by atoms with E-state index < -0.39 is 0 Å². The zero-order valence-electron chi connectivity index (χ0n) is 15.6. The zero-order chi connectivity index (χ0) is 16.2. The van der Waals surface area contributed by atoms with Gasteiger partial charge in [-0.25, -0.2) is 0 Å². The van der Waals surface area contributed by atoms with Crippen LogP contribution in [0.15, 0.2) is 4.99 Å². The van der Waals surface area contributed by atoms with Crippen molar-refractivity contribution in [1.29, 1.82) is 0 Å². The molecule has 5 aliphatic rings. The maximum atomic E-state index is 6.15. The monoisotopic (exact) mass is 459 g/mol. The van der Waals surface area contributed by atoms with E-state index in [0.29, 0.717) is 23.0 Å². The molecular formula is C20H34IN3O. The Morgan fingerprint density at radius 3 is 2.60 bits per heavy atom. The van der Waals surface area contributed by atoms with Crippen LogP contribution in [-0.2, 0) is 4.74 Å². The Bertz CT molecular complexity index is 527. The molecule has 0 aromatic heterocycles. The molecule has 2 aliphatic heterocycles. The Balaban J connectivity index is 0.00000157. The Hall–Kier alpha value is -0.0400. The summed E-state index contributed by atoms with van der Waals surface area (Å²) >= 11 is 0. The highest BCUT2D eigenvalue weighted by molar-refractivity contribution is 14.0. The van der Waals surface area contributed by atoms with Gasteiger partial charge in [-0.3, -0.25) is 4.99 Å². The third-order valence-electron chi connectivity index (χ3n) is 8.03. The fraction of sp³-hybridized carbons (Fsp3) is 0.950. The van der Waals surface area contributed by atoms with E-state index in [4.69, 9.17) is 9.73 Å². The van der Waals surface area contributed by atoms with E-state index in [2.05, 4.69) is 17.1 Å². The predicted molar refractivity (Wildman–Crippen MR) is 112 cm³/mol. The summed E-state index contributed by atoms with van der Waals surface area (Å²) < 4.78 is 6.15. The summed E-state index contributed by atoms with van der Waals surface area (Å²) in [4.78, 5) is 7.49. The topological polar surface area (TPSA) is 36.9 Å². The highest BCUT2D eigenvalue weighted by atomic mass is 127. The maximum absolute atomic E-state index is 6.15. The number of halogens is 1. The Labute approximate surface area is 169 Å². The highest BCUT2D eigenvalue weighted by Gasteiger charge is 2.65. The molecule has 0 amide bonds. The van der Waals surface area contributed by atoms with E-state index >= 15 is 0 Å². The fourth-order valence-electron chi connectivity index (χ4n) is 6.63. The summed E-state index contributed by atoms with van der Waals surface area (Å²) in [7, 11) is 0. The number of hydrogen-bond donors (Lipinski definition) is 1. The van der Waals surface area contributed by atoms with Crippen molar-refractivity contribution in [2.45, 2.75) is 76.9 Å². The second kappa shape index (κ2) is 6.84. The van der Waals surface area contributed by atoms with Gasteiger partial charge in [0.25, 0.3) is 0 Å². The van der Waals surface area contributed by atoms with Crippen molar-refractivity contribution in [3.63, 3.8) is 0 Å². The minimum atomic E-state index is 0. The van der Waals surface area contributed by atoms with Gasteiger partial charge >= 0.3 is 0 Å². The molecule has 5 fully saturated rings. The van der Waals surface area contributed by atoms with Crippen LogP contribution in [-0.4, -0.2) is 49.2 Å². The molecule has 4 nitrogen and oxygen atoms in total. The van der Waals surface area contributed by atoms with Crippen LogP contribution in [0, 0.1) is 16.7 Å². The van der Waals surface area contributed by atoms with Crippen LogP contribution in [0.3, 0.4) is 0 Å². The van der Waals surface area contributed by atoms with Gasteiger partial charge in [-0.1, -0.05) is 19.3 Å². The third kappa shape index (κ3) is 2.74. The Morgan fingerprint density at radius 1 is 1.16 bits per heavy atom. The smallest absolute Gasteiger partial charge is 0.194 e. The number of guanidine groups is 1. The lowest BCUT2D eigenvalue weighted by Gasteiger charge is -2.57. The first-order valence-electron chi connectivity index (χ1n) is 10.4. The standard InChI is InChI=1S/C20H33N3O.HI/c1-2-21-18(23-12-11-19(14-23)7-5-8-19)22-16-15-6-13-24-17(15)20(16)9-3-4-10-20;/h15-17H,2-14H2,1H3,(H,21,22);1H. The van der Waals surface area contributed by atoms with Crippen molar-refractivity contribution in [3.8, 4) is 0 Å². The van der Waals surface area contributed by atoms with Crippen LogP contribution < -0.4 is 5.32 Å². The number of aliphatic imine (C=N–C) groups is 1. The molecule has 5 rings (SSSR count). The average Bonchev–Trinajstić information content (AvgIpc) is 3.28. The number of fused-ring (bicyclic) bond motifs is 2. The molecule has 0 radical (unpaired) electrons. The van der Waals surface area contributed by atoms with Crippen molar-refractivity contribution in [2.75, 3.05) is 26.2 Å². The second-order valence-corrected chi connectivity index (χ2v) is 9.13. The van der Waals surface area contributed by atoms with E-state index in [1.165, 1.54) is 76.8 Å². The summed E-state index contributed by atoms with van der Waals surface area (Å²) in [6.45, 7) is 6.47. The summed E-state index contributed by atoms with van der Waals surface area (Å²) in [5.41, 5.74) is 1.06. The molecule has 1 N–H and O–H groups in total. The first kappa shape index (κ1) is 18.3. The lowest BCUT2D eigenvalue weighted by molar-refractivity contribution is -0.125. The average molecular weight is 459 g/mol. The summed E-state index contributed by atoms with van der Waals surface area (Å²) in [5, 5.41) is 3.98. The van der Waals surface area contributed by atoms with Crippen molar-refractivity contribution < 1.29 is 4.74 Å². The fourth-order valence-corrected chi connectivity index (χ4v) is 6.63. The Kier molecular flexibility index (Phi) is 5.02. The van der Waals surface area contributed by atoms with Gasteiger partial charge in [0.15, 0.2) is 5.96 Å². The van der Waals surface area contributed by atoms with Crippen LogP contribution >= 0.6 is 24.0 Å². The quantitative estimate of drug-likeness (QED) is 0.388. The molecule has 25 heavy (non-hydrogen) atoms. The number of hydrogen-bond acceptors (Lipinski definition) is 2. The molecule has 142 valence electrons. The summed E-state index contributed by atoms with van der Waals surface area (Å²) in [6, 6.07) is 0.607. The van der Waals surface area contributed by atoms with Gasteiger partial charge in [0.2, 0.25) is 0 Å². The normalized spacial score (nSPS) is 37.6. The minimum Gasteiger partial charge on any atom is -0.377 e. The van der Waals surface area contributed by atoms with E-state index in [0.717, 1.165) is 19.1 Å². The van der Waals surface area contributed by atoms with Crippen molar-refractivity contribution in [1.82, 2.24) is 10.2 Å². The van der Waals surface area contributed by atoms with Gasteiger partial charge in [0, 0.05) is 43.6 Å². The molecule has 3 saturated carbocycles. The molecule has 3 aliphatic carbocycles. The van der Waals surface area contributed by atoms with Crippen molar-refractivity contribution in [2.24, 2.45) is 21.7 Å². The number of rotatable bonds is 2. The summed E-state index contributed by atoms with van der Waals surface area (Å²) in [5.74, 6) is 1.94. The molecule has 2 spiro atoms. The van der Waals surface area contributed by atoms with E-state index in [1.54, 1.807) is 0 Å². The van der Waals surface area contributed by atoms with Gasteiger partial charge in [0.05, 0.1) is 6.10 Å². The minimum absolute atomic E-state index is 0. The van der Waals surface area contributed by atoms with Crippen LogP contribution in [0.1, 0.15) is 64.7 Å². The SMILES string of the molecule is CCN=C(NC1C2CCOC2C12CCCC2)N1CCC2(CCC2)C1.I. The number of nitrogens with zero attached hydrogens (tertiary/aromatic N) is 2. The van der Waals surface area contributed by atoms with E-state index in [1.807, 2.05) is 0 Å². The van der Waals surface area contributed by atoms with Crippen molar-refractivity contribution in [3.05, 3.63) is 0 Å². The third-order valence-corrected chi connectivity index (χ3v) is 8.03. The van der Waals surface area contributed by atoms with Gasteiger partial charge in [-0.2, -0.15) is 0 Å². The van der Waals surface area contributed by atoms with Gasteiger partial charge in [0.1, 0.15) is 0 Å². The molecule has 0 bridgehead atoms. The number of likely N-dealkylation sites (tertiary alicyclic amines) is 1. The van der Waals surface area contributed by atoms with Gasteiger partial charge < -0.3 is 15.0 Å². The molecule has 2 saturated heterocycles. The van der Waals surface area contributed by atoms with Crippen LogP contribution in [0.4, 0.5) is 0 Å². The largest absolute Gasteiger partial charge is 0.377 e. The first-order valence-corrected chi connectivity index (χ1v) is 10.4. The molecule has 0 aromatic rings. The Morgan fingerprint density at radius 2 is 1.96 bits per heavy atom. The molecule has 3 atom stereocenters. The highest BCUT2D eigenvalue weighted by Crippen LogP contribution is 2.60.